The SMILES string of the molecule is CC(=O)N1CCc2cc(Br)sc2C1. The number of carbonyl (C=O) groups is 1. The quantitative estimate of drug-likeness (QED) is 0.701. The number of rotatable bonds is 0. The average molecular weight is 260 g/mol. The van der Waals surface area contributed by atoms with Crippen molar-refractivity contribution in [3.05, 3.63) is 20.3 Å². The fraction of sp³-hybridized carbons (Fsp3) is 0.444. The lowest BCUT2D eigenvalue weighted by molar-refractivity contribution is -0.129. The highest BCUT2D eigenvalue weighted by Gasteiger charge is 2.19. The van der Waals surface area contributed by atoms with Gasteiger partial charge in [-0.25, -0.2) is 0 Å². The van der Waals surface area contributed by atoms with E-state index in [-0.39, 0.29) is 5.91 Å². The summed E-state index contributed by atoms with van der Waals surface area (Å²) in [5.74, 6) is 0.176. The van der Waals surface area contributed by atoms with Crippen LogP contribution >= 0.6 is 27.3 Å². The molecular weight excluding hydrogens is 250 g/mol. The van der Waals surface area contributed by atoms with Crippen molar-refractivity contribution in [2.45, 2.75) is 19.9 Å². The van der Waals surface area contributed by atoms with Crippen molar-refractivity contribution in [3.8, 4) is 0 Å². The van der Waals surface area contributed by atoms with Crippen molar-refractivity contribution in [1.29, 1.82) is 0 Å². The molecule has 4 heteroatoms. The van der Waals surface area contributed by atoms with Crippen molar-refractivity contribution >= 4 is 33.2 Å². The molecule has 0 unspecified atom stereocenters. The van der Waals surface area contributed by atoms with E-state index in [1.807, 2.05) is 4.90 Å². The molecule has 0 atom stereocenters. The zero-order chi connectivity index (χ0) is 9.42. The zero-order valence-electron chi connectivity index (χ0n) is 7.34. The lowest BCUT2D eigenvalue weighted by Crippen LogP contribution is -2.33. The van der Waals surface area contributed by atoms with Crippen molar-refractivity contribution in [3.63, 3.8) is 0 Å². The van der Waals surface area contributed by atoms with Gasteiger partial charge in [0, 0.05) is 18.3 Å². The average Bonchev–Trinajstić information content (AvgIpc) is 2.42. The molecule has 1 aromatic heterocycles. The summed E-state index contributed by atoms with van der Waals surface area (Å²) in [6, 6.07) is 2.16. The molecule has 0 fully saturated rings. The summed E-state index contributed by atoms with van der Waals surface area (Å²) >= 11 is 5.20. The Labute approximate surface area is 89.7 Å². The fourth-order valence-electron chi connectivity index (χ4n) is 1.55. The van der Waals surface area contributed by atoms with Crippen molar-refractivity contribution in [2.75, 3.05) is 6.54 Å². The first-order valence-corrected chi connectivity index (χ1v) is 5.80. The Morgan fingerprint density at radius 2 is 2.46 bits per heavy atom. The van der Waals surface area contributed by atoms with E-state index in [1.165, 1.54) is 14.2 Å². The van der Waals surface area contributed by atoms with Gasteiger partial charge >= 0.3 is 0 Å². The third-order valence-electron chi connectivity index (χ3n) is 2.30. The normalized spacial score (nSPS) is 15.7. The summed E-state index contributed by atoms with van der Waals surface area (Å²) in [5.41, 5.74) is 1.40. The molecule has 1 amide bonds. The molecule has 0 bridgehead atoms. The lowest BCUT2D eigenvalue weighted by Gasteiger charge is -2.25. The molecule has 1 aromatic rings. The van der Waals surface area contributed by atoms with Crippen LogP contribution in [0.15, 0.2) is 9.85 Å². The predicted octanol–water partition coefficient (Wildman–Crippen LogP) is 2.42. The number of nitrogens with zero attached hydrogens (tertiary/aromatic N) is 1. The Bertz CT molecular complexity index is 347. The van der Waals surface area contributed by atoms with Crippen molar-refractivity contribution < 1.29 is 4.79 Å². The van der Waals surface area contributed by atoms with Crippen molar-refractivity contribution in [2.24, 2.45) is 0 Å². The Morgan fingerprint density at radius 3 is 3.15 bits per heavy atom. The number of halogens is 1. The Hall–Kier alpha value is -0.350. The van der Waals surface area contributed by atoms with E-state index in [0.717, 1.165) is 19.5 Å². The topological polar surface area (TPSA) is 20.3 Å². The van der Waals surface area contributed by atoms with E-state index < -0.39 is 0 Å². The molecule has 2 rings (SSSR count). The van der Waals surface area contributed by atoms with Crippen LogP contribution in [0, 0.1) is 0 Å². The number of carbonyl (C=O) groups excluding carboxylic acids is 1. The maximum absolute atomic E-state index is 11.1. The van der Waals surface area contributed by atoms with Crippen LogP contribution in [0.2, 0.25) is 0 Å². The van der Waals surface area contributed by atoms with E-state index >= 15 is 0 Å². The molecule has 0 saturated carbocycles. The van der Waals surface area contributed by atoms with Gasteiger partial charge < -0.3 is 4.90 Å². The second kappa shape index (κ2) is 3.42. The van der Waals surface area contributed by atoms with Gasteiger partial charge in [-0.1, -0.05) is 0 Å². The highest BCUT2D eigenvalue weighted by molar-refractivity contribution is 9.11. The molecule has 0 aliphatic carbocycles. The monoisotopic (exact) mass is 259 g/mol. The van der Waals surface area contributed by atoms with Crippen LogP contribution in [0.4, 0.5) is 0 Å². The third kappa shape index (κ3) is 1.79. The minimum atomic E-state index is 0.176. The number of hydrogen-bond donors (Lipinski definition) is 0. The van der Waals surface area contributed by atoms with Crippen molar-refractivity contribution in [1.82, 2.24) is 4.90 Å². The summed E-state index contributed by atoms with van der Waals surface area (Å²) in [5, 5.41) is 0. The van der Waals surface area contributed by atoms with Crippen LogP contribution in [-0.4, -0.2) is 17.4 Å². The van der Waals surface area contributed by atoms with Crippen LogP contribution in [0.3, 0.4) is 0 Å². The molecule has 0 aromatic carbocycles. The van der Waals surface area contributed by atoms with Crippen LogP contribution in [-0.2, 0) is 17.8 Å². The lowest BCUT2D eigenvalue weighted by atomic mass is 10.1. The molecule has 70 valence electrons. The highest BCUT2D eigenvalue weighted by Crippen LogP contribution is 2.31. The first-order chi connectivity index (χ1) is 6.16. The van der Waals surface area contributed by atoms with E-state index in [1.54, 1.807) is 18.3 Å². The summed E-state index contributed by atoms with van der Waals surface area (Å²) in [4.78, 5) is 14.4. The molecule has 1 aliphatic rings. The summed E-state index contributed by atoms with van der Waals surface area (Å²) in [7, 11) is 0. The van der Waals surface area contributed by atoms with Gasteiger partial charge in [-0.3, -0.25) is 4.79 Å². The first-order valence-electron chi connectivity index (χ1n) is 4.19. The van der Waals surface area contributed by atoms with Gasteiger partial charge in [-0.15, -0.1) is 11.3 Å². The molecular formula is C9H10BrNOS. The Morgan fingerprint density at radius 1 is 1.69 bits per heavy atom. The minimum Gasteiger partial charge on any atom is -0.337 e. The Kier molecular flexibility index (Phi) is 2.43. The van der Waals surface area contributed by atoms with E-state index in [2.05, 4.69) is 22.0 Å². The van der Waals surface area contributed by atoms with Gasteiger partial charge in [0.1, 0.15) is 0 Å². The number of amides is 1. The van der Waals surface area contributed by atoms with Crippen LogP contribution in [0.1, 0.15) is 17.4 Å². The summed E-state index contributed by atoms with van der Waals surface area (Å²) in [6.45, 7) is 3.29. The molecule has 2 heterocycles. The predicted molar refractivity (Wildman–Crippen MR) is 56.8 cm³/mol. The maximum Gasteiger partial charge on any atom is 0.219 e. The highest BCUT2D eigenvalue weighted by atomic mass is 79.9. The largest absolute Gasteiger partial charge is 0.337 e. The minimum absolute atomic E-state index is 0.176. The maximum atomic E-state index is 11.1. The third-order valence-corrected chi connectivity index (χ3v) is 3.96. The molecule has 2 nitrogen and oxygen atoms in total. The van der Waals surface area contributed by atoms with Gasteiger partial charge in [0.05, 0.1) is 10.3 Å². The molecule has 0 saturated heterocycles. The second-order valence-electron chi connectivity index (χ2n) is 3.19. The molecule has 1 aliphatic heterocycles. The van der Waals surface area contributed by atoms with Gasteiger partial charge in [0.15, 0.2) is 0 Å². The number of thiophene rings is 1. The smallest absolute Gasteiger partial charge is 0.219 e. The second-order valence-corrected chi connectivity index (χ2v) is 5.71. The van der Waals surface area contributed by atoms with E-state index in [9.17, 15) is 4.79 Å². The number of fused-ring (bicyclic) bond motifs is 1. The summed E-state index contributed by atoms with van der Waals surface area (Å²) < 4.78 is 1.17. The first kappa shape index (κ1) is 9.21. The molecule has 0 radical (unpaired) electrons. The van der Waals surface area contributed by atoms with Gasteiger partial charge in [-0.2, -0.15) is 0 Å². The Balaban J connectivity index is 2.24. The summed E-state index contributed by atoms with van der Waals surface area (Å²) in [6.07, 6.45) is 0.997. The zero-order valence-corrected chi connectivity index (χ0v) is 9.74. The van der Waals surface area contributed by atoms with Crippen LogP contribution in [0.5, 0.6) is 0 Å². The van der Waals surface area contributed by atoms with E-state index in [0.29, 0.717) is 0 Å². The van der Waals surface area contributed by atoms with Gasteiger partial charge in [0.25, 0.3) is 0 Å². The van der Waals surface area contributed by atoms with Crippen LogP contribution in [0.25, 0.3) is 0 Å². The molecule has 0 N–H and O–H groups in total. The standard InChI is InChI=1S/C9H10BrNOS/c1-6(12)11-3-2-7-4-9(10)13-8(7)5-11/h4H,2-3,5H2,1H3. The van der Waals surface area contributed by atoms with Crippen LogP contribution < -0.4 is 0 Å². The fourth-order valence-corrected chi connectivity index (χ4v) is 3.36. The van der Waals surface area contributed by atoms with Gasteiger partial charge in [-0.05, 0) is 34.0 Å². The van der Waals surface area contributed by atoms with E-state index in [4.69, 9.17) is 0 Å². The number of hydrogen-bond acceptors (Lipinski definition) is 2. The molecule has 13 heavy (non-hydrogen) atoms. The van der Waals surface area contributed by atoms with Gasteiger partial charge in [0.2, 0.25) is 5.91 Å². The molecule has 0 spiro atoms.